The molecule has 1 N–H and O–H groups in total. The molecule has 3 aromatic rings. The van der Waals surface area contributed by atoms with Crippen molar-refractivity contribution in [3.8, 4) is 0 Å². The van der Waals surface area contributed by atoms with Crippen molar-refractivity contribution < 1.29 is 9.21 Å². The van der Waals surface area contributed by atoms with Crippen LogP contribution in [-0.4, -0.2) is 5.91 Å². The Bertz CT molecular complexity index is 836. The molecule has 0 radical (unpaired) electrons. The van der Waals surface area contributed by atoms with Crippen molar-refractivity contribution >= 4 is 38.5 Å². The first-order valence-electron chi connectivity index (χ1n) is 6.60. The topological polar surface area (TPSA) is 42.2 Å². The number of fused-ring (bicyclic) bond motifs is 1. The van der Waals surface area contributed by atoms with Gasteiger partial charge in [0.2, 0.25) is 0 Å². The number of furan rings is 1. The molecule has 0 aliphatic rings. The predicted octanol–water partition coefficient (Wildman–Crippen LogP) is 5.06. The lowest BCUT2D eigenvalue weighted by molar-refractivity contribution is 0.0998. The molecule has 1 heterocycles. The number of rotatable bonds is 2. The van der Waals surface area contributed by atoms with Crippen molar-refractivity contribution in [2.45, 2.75) is 13.8 Å². The molecule has 4 heteroatoms. The van der Waals surface area contributed by atoms with E-state index < -0.39 is 0 Å². The summed E-state index contributed by atoms with van der Waals surface area (Å²) in [6, 6.07) is 13.3. The Morgan fingerprint density at radius 1 is 1.10 bits per heavy atom. The Morgan fingerprint density at radius 3 is 2.67 bits per heavy atom. The third-order valence-electron chi connectivity index (χ3n) is 3.33. The van der Waals surface area contributed by atoms with Crippen molar-refractivity contribution in [3.63, 3.8) is 0 Å². The van der Waals surface area contributed by atoms with Gasteiger partial charge in [-0.25, -0.2) is 0 Å². The van der Waals surface area contributed by atoms with Gasteiger partial charge in [0.05, 0.1) is 0 Å². The molecular weight excluding hydrogens is 330 g/mol. The van der Waals surface area contributed by atoms with Crippen LogP contribution >= 0.6 is 15.9 Å². The van der Waals surface area contributed by atoms with Gasteiger partial charge < -0.3 is 9.73 Å². The standard InChI is InChI=1S/C17H14BrNO2/c1-10-3-6-15-12(7-10)8-16(21-15)17(20)19-13-5-4-11(2)14(18)9-13/h3-9H,1-2H3,(H,19,20). The van der Waals surface area contributed by atoms with Crippen LogP contribution in [0.3, 0.4) is 0 Å². The quantitative estimate of drug-likeness (QED) is 0.706. The smallest absolute Gasteiger partial charge is 0.291 e. The largest absolute Gasteiger partial charge is 0.451 e. The minimum Gasteiger partial charge on any atom is -0.451 e. The number of aryl methyl sites for hydroxylation is 2. The number of hydrogen-bond donors (Lipinski definition) is 1. The molecule has 0 aliphatic heterocycles. The normalized spacial score (nSPS) is 10.8. The second-order valence-corrected chi connectivity index (χ2v) is 5.92. The fourth-order valence-electron chi connectivity index (χ4n) is 2.14. The van der Waals surface area contributed by atoms with Crippen LogP contribution in [0.2, 0.25) is 0 Å². The lowest BCUT2D eigenvalue weighted by Gasteiger charge is -2.05. The van der Waals surface area contributed by atoms with Gasteiger partial charge >= 0.3 is 0 Å². The van der Waals surface area contributed by atoms with Crippen LogP contribution in [0, 0.1) is 13.8 Å². The second kappa shape index (κ2) is 5.37. The highest BCUT2D eigenvalue weighted by Gasteiger charge is 2.13. The van der Waals surface area contributed by atoms with Crippen molar-refractivity contribution in [1.29, 1.82) is 0 Å². The van der Waals surface area contributed by atoms with Crippen molar-refractivity contribution in [3.05, 3.63) is 63.8 Å². The van der Waals surface area contributed by atoms with E-state index in [1.807, 2.05) is 50.2 Å². The Morgan fingerprint density at radius 2 is 1.90 bits per heavy atom. The summed E-state index contributed by atoms with van der Waals surface area (Å²) in [6.07, 6.45) is 0. The van der Waals surface area contributed by atoms with Gasteiger partial charge in [0, 0.05) is 15.5 Å². The first-order valence-corrected chi connectivity index (χ1v) is 7.40. The minimum absolute atomic E-state index is 0.250. The zero-order chi connectivity index (χ0) is 15.0. The second-order valence-electron chi connectivity index (χ2n) is 5.07. The van der Waals surface area contributed by atoms with Crippen LogP contribution in [0.4, 0.5) is 5.69 Å². The molecule has 1 amide bonds. The summed E-state index contributed by atoms with van der Waals surface area (Å²) in [4.78, 5) is 12.2. The Hall–Kier alpha value is -2.07. The molecule has 3 rings (SSSR count). The summed E-state index contributed by atoms with van der Waals surface area (Å²) in [6.45, 7) is 4.01. The fraction of sp³-hybridized carbons (Fsp3) is 0.118. The highest BCUT2D eigenvalue weighted by molar-refractivity contribution is 9.10. The van der Waals surface area contributed by atoms with Gasteiger partial charge in [0.25, 0.3) is 5.91 Å². The Balaban J connectivity index is 1.87. The molecule has 0 fully saturated rings. The lowest BCUT2D eigenvalue weighted by Crippen LogP contribution is -2.10. The molecule has 3 nitrogen and oxygen atoms in total. The van der Waals surface area contributed by atoms with Gasteiger partial charge in [0.1, 0.15) is 5.58 Å². The predicted molar refractivity (Wildman–Crippen MR) is 87.8 cm³/mol. The molecule has 0 aliphatic carbocycles. The molecule has 0 spiro atoms. The number of anilines is 1. The zero-order valence-electron chi connectivity index (χ0n) is 11.7. The van der Waals surface area contributed by atoms with Gasteiger partial charge in [0.15, 0.2) is 5.76 Å². The van der Waals surface area contributed by atoms with E-state index in [4.69, 9.17) is 4.42 Å². The van der Waals surface area contributed by atoms with E-state index >= 15 is 0 Å². The van der Waals surface area contributed by atoms with E-state index in [0.29, 0.717) is 5.76 Å². The first kappa shape index (κ1) is 13.9. The highest BCUT2D eigenvalue weighted by atomic mass is 79.9. The molecule has 0 bridgehead atoms. The molecule has 106 valence electrons. The summed E-state index contributed by atoms with van der Waals surface area (Å²) < 4.78 is 6.55. The highest BCUT2D eigenvalue weighted by Crippen LogP contribution is 2.23. The maximum atomic E-state index is 12.2. The van der Waals surface area contributed by atoms with Gasteiger partial charge in [-0.2, -0.15) is 0 Å². The van der Waals surface area contributed by atoms with Gasteiger partial charge in [-0.05, 0) is 49.7 Å². The number of benzene rings is 2. The number of nitrogens with one attached hydrogen (secondary N) is 1. The number of carbonyl (C=O) groups is 1. The molecule has 0 saturated carbocycles. The average molecular weight is 344 g/mol. The van der Waals surface area contributed by atoms with Gasteiger partial charge in [-0.1, -0.05) is 33.6 Å². The third-order valence-corrected chi connectivity index (χ3v) is 4.18. The Labute approximate surface area is 131 Å². The zero-order valence-corrected chi connectivity index (χ0v) is 13.3. The Kier molecular flexibility index (Phi) is 3.55. The van der Waals surface area contributed by atoms with E-state index in [1.165, 1.54) is 0 Å². The molecule has 0 atom stereocenters. The molecular formula is C17H14BrNO2. The fourth-order valence-corrected chi connectivity index (χ4v) is 2.52. The van der Waals surface area contributed by atoms with Crippen LogP contribution in [-0.2, 0) is 0 Å². The maximum absolute atomic E-state index is 12.2. The van der Waals surface area contributed by atoms with Crippen molar-refractivity contribution in [2.24, 2.45) is 0 Å². The molecule has 0 unspecified atom stereocenters. The first-order chi connectivity index (χ1) is 10.0. The summed E-state index contributed by atoms with van der Waals surface area (Å²) in [5.41, 5.74) is 3.70. The molecule has 0 saturated heterocycles. The summed E-state index contributed by atoms with van der Waals surface area (Å²) in [7, 11) is 0. The number of halogens is 1. The van der Waals surface area contributed by atoms with E-state index in [0.717, 1.165) is 32.3 Å². The molecule has 2 aromatic carbocycles. The third kappa shape index (κ3) is 2.85. The minimum atomic E-state index is -0.250. The average Bonchev–Trinajstić information content (AvgIpc) is 2.86. The van der Waals surface area contributed by atoms with Crippen LogP contribution in [0.5, 0.6) is 0 Å². The van der Waals surface area contributed by atoms with E-state index in [-0.39, 0.29) is 5.91 Å². The van der Waals surface area contributed by atoms with Crippen molar-refractivity contribution in [2.75, 3.05) is 5.32 Å². The monoisotopic (exact) mass is 343 g/mol. The SMILES string of the molecule is Cc1ccc2oc(C(=O)Nc3ccc(C)c(Br)c3)cc2c1. The van der Waals surface area contributed by atoms with Crippen molar-refractivity contribution in [1.82, 2.24) is 0 Å². The van der Waals surface area contributed by atoms with E-state index in [1.54, 1.807) is 6.07 Å². The summed E-state index contributed by atoms with van der Waals surface area (Å²) in [5, 5.41) is 3.77. The number of amides is 1. The van der Waals surface area contributed by atoms with Gasteiger partial charge in [-0.3, -0.25) is 4.79 Å². The van der Waals surface area contributed by atoms with Crippen LogP contribution in [0.1, 0.15) is 21.7 Å². The number of carbonyl (C=O) groups excluding carboxylic acids is 1. The van der Waals surface area contributed by atoms with Crippen LogP contribution in [0.15, 0.2) is 51.4 Å². The maximum Gasteiger partial charge on any atom is 0.291 e. The number of hydrogen-bond acceptors (Lipinski definition) is 2. The molecule has 1 aromatic heterocycles. The van der Waals surface area contributed by atoms with Crippen LogP contribution < -0.4 is 5.32 Å². The summed E-state index contributed by atoms with van der Waals surface area (Å²) >= 11 is 3.45. The van der Waals surface area contributed by atoms with E-state index in [9.17, 15) is 4.79 Å². The van der Waals surface area contributed by atoms with E-state index in [2.05, 4.69) is 21.2 Å². The van der Waals surface area contributed by atoms with Crippen LogP contribution in [0.25, 0.3) is 11.0 Å². The summed E-state index contributed by atoms with van der Waals surface area (Å²) in [5.74, 6) is 0.0619. The molecule has 21 heavy (non-hydrogen) atoms. The van der Waals surface area contributed by atoms with Gasteiger partial charge in [-0.15, -0.1) is 0 Å². The lowest BCUT2D eigenvalue weighted by atomic mass is 10.2.